The Labute approximate surface area is 153 Å². The van der Waals surface area contributed by atoms with Crippen LogP contribution in [-0.4, -0.2) is 12.5 Å². The highest BCUT2D eigenvalue weighted by Gasteiger charge is 2.14. The van der Waals surface area contributed by atoms with Gasteiger partial charge in [-0.05, 0) is 42.3 Å². The van der Waals surface area contributed by atoms with Crippen molar-refractivity contribution in [3.05, 3.63) is 76.8 Å². The molecule has 1 atom stereocenters. The fraction of sp³-hybridized carbons (Fsp3) is 0.190. The van der Waals surface area contributed by atoms with Gasteiger partial charge in [0.05, 0.1) is 0 Å². The van der Waals surface area contributed by atoms with Crippen LogP contribution >= 0.6 is 11.6 Å². The van der Waals surface area contributed by atoms with E-state index >= 15 is 0 Å². The fourth-order valence-corrected chi connectivity index (χ4v) is 3.18. The number of amides is 1. The number of carbonyl (C=O) groups excluding carboxylic acids is 1. The van der Waals surface area contributed by atoms with E-state index in [1.807, 2.05) is 37.3 Å². The monoisotopic (exact) mass is 353 g/mol. The molecule has 0 fully saturated rings. The first-order chi connectivity index (χ1) is 12.1. The molecule has 3 aromatic carbocycles. The molecule has 0 saturated heterocycles. The van der Waals surface area contributed by atoms with Crippen LogP contribution in [0.1, 0.15) is 24.1 Å². The van der Waals surface area contributed by atoms with E-state index in [9.17, 15) is 4.79 Å². The average Bonchev–Trinajstić information content (AvgIpc) is 2.63. The van der Waals surface area contributed by atoms with Gasteiger partial charge in [-0.1, -0.05) is 60.1 Å². The Bertz CT molecular complexity index is 902. The van der Waals surface area contributed by atoms with Crippen LogP contribution in [0.25, 0.3) is 10.8 Å². The van der Waals surface area contributed by atoms with Crippen molar-refractivity contribution in [3.8, 4) is 0 Å². The molecule has 128 valence electrons. The zero-order valence-corrected chi connectivity index (χ0v) is 15.2. The topological polar surface area (TPSA) is 45.7 Å². The van der Waals surface area contributed by atoms with Crippen molar-refractivity contribution in [2.45, 2.75) is 19.9 Å². The molecule has 4 heteroatoms. The Balaban J connectivity index is 1.66. The van der Waals surface area contributed by atoms with Crippen molar-refractivity contribution in [1.29, 1.82) is 0 Å². The van der Waals surface area contributed by atoms with Crippen LogP contribution in [0.2, 0.25) is 5.02 Å². The van der Waals surface area contributed by atoms with Crippen LogP contribution in [0.15, 0.2) is 60.7 Å². The minimum Gasteiger partial charge on any atom is -0.332 e. The van der Waals surface area contributed by atoms with E-state index in [4.69, 9.17) is 11.6 Å². The van der Waals surface area contributed by atoms with Crippen molar-refractivity contribution in [2.75, 3.05) is 11.9 Å². The number of quaternary nitrogens is 1. The van der Waals surface area contributed by atoms with E-state index in [1.165, 1.54) is 16.3 Å². The van der Waals surface area contributed by atoms with E-state index in [0.717, 1.165) is 11.3 Å². The van der Waals surface area contributed by atoms with Gasteiger partial charge in [-0.25, -0.2) is 0 Å². The molecule has 0 radical (unpaired) electrons. The number of fused-ring (bicyclic) bond motifs is 1. The van der Waals surface area contributed by atoms with Crippen LogP contribution in [0.4, 0.5) is 5.69 Å². The van der Waals surface area contributed by atoms with Gasteiger partial charge in [-0.2, -0.15) is 0 Å². The standard InChI is InChI=1S/C21H21ClN2O/c1-14-19(22)11-6-12-20(14)24-21(25)13-23-15(2)17-10-5-8-16-7-3-4-9-18(16)17/h3-12,15,23H,13H2,1-2H3,(H,24,25)/p+1/t15-/m1/s1. The number of nitrogens with one attached hydrogen (secondary N) is 1. The zero-order chi connectivity index (χ0) is 17.8. The number of nitrogens with two attached hydrogens (primary N) is 1. The second-order valence-electron chi connectivity index (χ2n) is 6.26. The summed E-state index contributed by atoms with van der Waals surface area (Å²) in [6.45, 7) is 4.39. The van der Waals surface area contributed by atoms with Crippen LogP contribution < -0.4 is 10.6 Å². The summed E-state index contributed by atoms with van der Waals surface area (Å²) in [5.74, 6) is -0.0301. The Hall–Kier alpha value is -2.36. The van der Waals surface area contributed by atoms with Crippen LogP contribution in [0.3, 0.4) is 0 Å². The third-order valence-corrected chi connectivity index (χ3v) is 4.92. The number of hydrogen-bond acceptors (Lipinski definition) is 1. The largest absolute Gasteiger partial charge is 0.332 e. The minimum atomic E-state index is -0.0301. The number of rotatable bonds is 5. The zero-order valence-electron chi connectivity index (χ0n) is 14.4. The van der Waals surface area contributed by atoms with Crippen molar-refractivity contribution in [3.63, 3.8) is 0 Å². The molecule has 3 rings (SSSR count). The van der Waals surface area contributed by atoms with Crippen molar-refractivity contribution >= 4 is 34.0 Å². The lowest BCUT2D eigenvalue weighted by Gasteiger charge is -2.14. The molecule has 0 aromatic heterocycles. The highest BCUT2D eigenvalue weighted by molar-refractivity contribution is 6.31. The maximum absolute atomic E-state index is 12.3. The van der Waals surface area contributed by atoms with E-state index < -0.39 is 0 Å². The number of halogens is 1. The molecule has 1 amide bonds. The Morgan fingerprint density at radius 2 is 1.80 bits per heavy atom. The highest BCUT2D eigenvalue weighted by Crippen LogP contribution is 2.23. The number of benzene rings is 3. The van der Waals surface area contributed by atoms with E-state index in [1.54, 1.807) is 0 Å². The van der Waals surface area contributed by atoms with E-state index in [-0.39, 0.29) is 11.9 Å². The van der Waals surface area contributed by atoms with Crippen LogP contribution in [-0.2, 0) is 4.79 Å². The molecule has 0 aliphatic heterocycles. The third-order valence-electron chi connectivity index (χ3n) is 4.51. The summed E-state index contributed by atoms with van der Waals surface area (Å²) in [4.78, 5) is 12.3. The molecule has 0 saturated carbocycles. The van der Waals surface area contributed by atoms with Gasteiger partial charge < -0.3 is 10.6 Å². The number of anilines is 1. The first-order valence-electron chi connectivity index (χ1n) is 8.42. The quantitative estimate of drug-likeness (QED) is 0.713. The summed E-state index contributed by atoms with van der Waals surface area (Å²) < 4.78 is 0. The molecule has 0 heterocycles. The lowest BCUT2D eigenvalue weighted by Crippen LogP contribution is -2.86. The van der Waals surface area contributed by atoms with Gasteiger partial charge in [0.15, 0.2) is 6.54 Å². The summed E-state index contributed by atoms with van der Waals surface area (Å²) in [7, 11) is 0. The Morgan fingerprint density at radius 1 is 1.08 bits per heavy atom. The third kappa shape index (κ3) is 4.01. The normalized spacial score (nSPS) is 12.1. The molecule has 0 bridgehead atoms. The summed E-state index contributed by atoms with van der Waals surface area (Å²) in [5.41, 5.74) is 2.90. The molecule has 0 spiro atoms. The van der Waals surface area contributed by atoms with Gasteiger partial charge in [0.2, 0.25) is 0 Å². The van der Waals surface area contributed by atoms with Gasteiger partial charge in [0.1, 0.15) is 6.04 Å². The van der Waals surface area contributed by atoms with Crippen LogP contribution in [0, 0.1) is 6.92 Å². The maximum Gasteiger partial charge on any atom is 0.279 e. The number of carbonyl (C=O) groups is 1. The fourth-order valence-electron chi connectivity index (χ4n) is 3.00. The highest BCUT2D eigenvalue weighted by atomic mass is 35.5. The van der Waals surface area contributed by atoms with Gasteiger partial charge in [0, 0.05) is 16.3 Å². The van der Waals surface area contributed by atoms with Gasteiger partial charge in [-0.15, -0.1) is 0 Å². The summed E-state index contributed by atoms with van der Waals surface area (Å²) in [6, 6.07) is 20.4. The number of hydrogen-bond donors (Lipinski definition) is 2. The SMILES string of the molecule is Cc1c(Cl)cccc1NC(=O)C[NH2+][C@H](C)c1cccc2ccccc12. The molecular formula is C21H22ClN2O+. The first-order valence-corrected chi connectivity index (χ1v) is 8.80. The molecule has 0 unspecified atom stereocenters. The first kappa shape index (κ1) is 17.5. The summed E-state index contributed by atoms with van der Waals surface area (Å²) in [6.07, 6.45) is 0. The predicted molar refractivity (Wildman–Crippen MR) is 104 cm³/mol. The Morgan fingerprint density at radius 3 is 2.64 bits per heavy atom. The molecule has 3 N–H and O–H groups in total. The van der Waals surface area contributed by atoms with E-state index in [0.29, 0.717) is 11.6 Å². The van der Waals surface area contributed by atoms with Gasteiger partial charge in [0.25, 0.3) is 5.91 Å². The molecule has 3 aromatic rings. The van der Waals surface area contributed by atoms with Gasteiger partial charge >= 0.3 is 0 Å². The van der Waals surface area contributed by atoms with Crippen molar-refractivity contribution in [2.24, 2.45) is 0 Å². The minimum absolute atomic E-state index is 0.0301. The van der Waals surface area contributed by atoms with Crippen molar-refractivity contribution in [1.82, 2.24) is 0 Å². The van der Waals surface area contributed by atoms with Gasteiger partial charge in [-0.3, -0.25) is 4.79 Å². The Kier molecular flexibility index (Phi) is 5.37. The second-order valence-corrected chi connectivity index (χ2v) is 6.66. The average molecular weight is 354 g/mol. The molecule has 25 heavy (non-hydrogen) atoms. The predicted octanol–water partition coefficient (Wildman–Crippen LogP) is 4.06. The second kappa shape index (κ2) is 7.68. The molecular weight excluding hydrogens is 332 g/mol. The lowest BCUT2D eigenvalue weighted by atomic mass is 10.00. The maximum atomic E-state index is 12.3. The summed E-state index contributed by atoms with van der Waals surface area (Å²) >= 11 is 6.10. The van der Waals surface area contributed by atoms with Crippen LogP contribution in [0.5, 0.6) is 0 Å². The molecule has 0 aliphatic rings. The summed E-state index contributed by atoms with van der Waals surface area (Å²) in [5, 5.41) is 8.11. The lowest BCUT2D eigenvalue weighted by molar-refractivity contribution is -0.682. The van der Waals surface area contributed by atoms with E-state index in [2.05, 4.69) is 47.9 Å². The van der Waals surface area contributed by atoms with Crippen molar-refractivity contribution < 1.29 is 10.1 Å². The molecule has 3 nitrogen and oxygen atoms in total. The smallest absolute Gasteiger partial charge is 0.279 e. The molecule has 0 aliphatic carbocycles.